The van der Waals surface area contributed by atoms with Crippen LogP contribution < -0.4 is 0 Å². The van der Waals surface area contributed by atoms with Gasteiger partial charge in [-0.3, -0.25) is 0 Å². The summed E-state index contributed by atoms with van der Waals surface area (Å²) in [5.74, 6) is -0.904. The molecule has 0 bridgehead atoms. The van der Waals surface area contributed by atoms with Crippen molar-refractivity contribution in [2.75, 3.05) is 0 Å². The fourth-order valence-electron chi connectivity index (χ4n) is 1.07. The Bertz CT molecular complexity index is 372. The van der Waals surface area contributed by atoms with Crippen molar-refractivity contribution in [3.63, 3.8) is 0 Å². The smallest absolute Gasteiger partial charge is 0.336 e. The van der Waals surface area contributed by atoms with E-state index < -0.39 is 5.97 Å². The highest BCUT2D eigenvalue weighted by Gasteiger charge is 2.13. The average Bonchev–Trinajstić information content (AvgIpc) is 2.07. The Morgan fingerprint density at radius 3 is 2.31 bits per heavy atom. The van der Waals surface area contributed by atoms with Crippen LogP contribution in [0.2, 0.25) is 0 Å². The normalized spacial score (nSPS) is 10.2. The van der Waals surface area contributed by atoms with Crippen LogP contribution in [0.1, 0.15) is 21.5 Å². The van der Waals surface area contributed by atoms with Crippen molar-refractivity contribution in [3.8, 4) is 0 Å². The summed E-state index contributed by atoms with van der Waals surface area (Å²) in [5.41, 5.74) is 2.10. The van der Waals surface area contributed by atoms with Gasteiger partial charge in [0.15, 0.2) is 0 Å². The van der Waals surface area contributed by atoms with Crippen LogP contribution in [0.5, 0.6) is 0 Å². The summed E-state index contributed by atoms with van der Waals surface area (Å²) in [6.45, 7) is 3.71. The lowest BCUT2D eigenvalue weighted by molar-refractivity contribution is 0.0696. The molecular formula is C9H8Br2O2. The van der Waals surface area contributed by atoms with Gasteiger partial charge < -0.3 is 5.11 Å². The molecule has 0 heterocycles. The molecule has 0 aliphatic heterocycles. The van der Waals surface area contributed by atoms with Crippen LogP contribution in [0.3, 0.4) is 0 Å². The third-order valence-corrected chi connectivity index (χ3v) is 3.94. The number of halogens is 2. The van der Waals surface area contributed by atoms with Gasteiger partial charge in [0, 0.05) is 8.95 Å². The summed E-state index contributed by atoms with van der Waals surface area (Å²) in [7, 11) is 0. The van der Waals surface area contributed by atoms with Crippen molar-refractivity contribution in [1.82, 2.24) is 0 Å². The first-order chi connectivity index (χ1) is 5.95. The predicted octanol–water partition coefficient (Wildman–Crippen LogP) is 3.53. The summed E-state index contributed by atoms with van der Waals surface area (Å²) in [5, 5.41) is 8.86. The molecule has 1 aromatic rings. The van der Waals surface area contributed by atoms with Gasteiger partial charge >= 0.3 is 5.97 Å². The van der Waals surface area contributed by atoms with Crippen molar-refractivity contribution < 1.29 is 9.90 Å². The van der Waals surface area contributed by atoms with Gasteiger partial charge in [0.05, 0.1) is 5.56 Å². The molecule has 0 aliphatic carbocycles. The lowest BCUT2D eigenvalue weighted by Gasteiger charge is -2.08. The van der Waals surface area contributed by atoms with E-state index in [1.54, 1.807) is 13.0 Å². The number of benzene rings is 1. The molecule has 0 aromatic heterocycles. The maximum Gasteiger partial charge on any atom is 0.336 e. The molecule has 0 unspecified atom stereocenters. The molecule has 0 radical (unpaired) electrons. The first-order valence-corrected chi connectivity index (χ1v) is 5.22. The van der Waals surface area contributed by atoms with E-state index in [-0.39, 0.29) is 0 Å². The van der Waals surface area contributed by atoms with Crippen molar-refractivity contribution in [1.29, 1.82) is 0 Å². The topological polar surface area (TPSA) is 37.3 Å². The SMILES string of the molecule is Cc1c(Br)cc(C(=O)O)c(C)c1Br. The Hall–Kier alpha value is -0.350. The third-order valence-electron chi connectivity index (χ3n) is 1.92. The van der Waals surface area contributed by atoms with E-state index in [4.69, 9.17) is 5.11 Å². The number of rotatable bonds is 1. The second kappa shape index (κ2) is 3.80. The van der Waals surface area contributed by atoms with E-state index >= 15 is 0 Å². The van der Waals surface area contributed by atoms with E-state index in [0.29, 0.717) is 5.56 Å². The van der Waals surface area contributed by atoms with E-state index in [1.165, 1.54) is 0 Å². The van der Waals surface area contributed by atoms with Gasteiger partial charge in [0.2, 0.25) is 0 Å². The Morgan fingerprint density at radius 1 is 1.31 bits per heavy atom. The highest BCUT2D eigenvalue weighted by Crippen LogP contribution is 2.30. The molecule has 0 spiro atoms. The number of hydrogen-bond acceptors (Lipinski definition) is 1. The zero-order valence-corrected chi connectivity index (χ0v) is 10.4. The first kappa shape index (κ1) is 10.7. The van der Waals surface area contributed by atoms with Crippen LogP contribution in [0.25, 0.3) is 0 Å². The van der Waals surface area contributed by atoms with E-state index in [2.05, 4.69) is 31.9 Å². The third kappa shape index (κ3) is 1.94. The van der Waals surface area contributed by atoms with Gasteiger partial charge in [-0.1, -0.05) is 31.9 Å². The number of carboxylic acids is 1. The van der Waals surface area contributed by atoms with Crippen molar-refractivity contribution in [2.45, 2.75) is 13.8 Å². The maximum atomic E-state index is 10.8. The lowest BCUT2D eigenvalue weighted by atomic mass is 10.1. The van der Waals surface area contributed by atoms with Gasteiger partial charge in [0.1, 0.15) is 0 Å². The highest BCUT2D eigenvalue weighted by atomic mass is 79.9. The van der Waals surface area contributed by atoms with Gasteiger partial charge in [-0.25, -0.2) is 4.79 Å². The number of carboxylic acid groups (broad SMARTS) is 1. The lowest BCUT2D eigenvalue weighted by Crippen LogP contribution is -2.01. The number of carbonyl (C=O) groups is 1. The maximum absolute atomic E-state index is 10.8. The number of hydrogen-bond donors (Lipinski definition) is 1. The fourth-order valence-corrected chi connectivity index (χ4v) is 2.19. The Labute approximate surface area is 93.2 Å². The van der Waals surface area contributed by atoms with Gasteiger partial charge in [-0.05, 0) is 31.0 Å². The minimum Gasteiger partial charge on any atom is -0.478 e. The monoisotopic (exact) mass is 306 g/mol. The molecule has 1 rings (SSSR count). The minimum absolute atomic E-state index is 0.323. The molecule has 1 N–H and O–H groups in total. The van der Waals surface area contributed by atoms with Crippen LogP contribution in [-0.2, 0) is 0 Å². The molecule has 2 nitrogen and oxygen atoms in total. The molecule has 1 aromatic carbocycles. The Morgan fingerprint density at radius 2 is 1.85 bits per heavy atom. The van der Waals surface area contributed by atoms with E-state index in [0.717, 1.165) is 20.1 Å². The molecule has 0 saturated heterocycles. The number of aromatic carboxylic acids is 1. The molecule has 0 saturated carbocycles. The van der Waals surface area contributed by atoms with Crippen molar-refractivity contribution >= 4 is 37.8 Å². The summed E-state index contributed by atoms with van der Waals surface area (Å²) in [4.78, 5) is 10.8. The molecular weight excluding hydrogens is 300 g/mol. The van der Waals surface area contributed by atoms with Gasteiger partial charge in [0.25, 0.3) is 0 Å². The second-order valence-electron chi connectivity index (χ2n) is 2.78. The molecule has 4 heteroatoms. The first-order valence-electron chi connectivity index (χ1n) is 3.63. The summed E-state index contributed by atoms with van der Waals surface area (Å²) >= 11 is 6.66. The molecule has 0 atom stereocenters. The van der Waals surface area contributed by atoms with Gasteiger partial charge in [-0.15, -0.1) is 0 Å². The quantitative estimate of drug-likeness (QED) is 0.862. The van der Waals surface area contributed by atoms with Crippen LogP contribution in [0.4, 0.5) is 0 Å². The summed E-state index contributed by atoms with van der Waals surface area (Å²) in [6.07, 6.45) is 0. The molecule has 0 amide bonds. The van der Waals surface area contributed by atoms with Gasteiger partial charge in [-0.2, -0.15) is 0 Å². The van der Waals surface area contributed by atoms with E-state index in [9.17, 15) is 4.79 Å². The van der Waals surface area contributed by atoms with Crippen LogP contribution in [-0.4, -0.2) is 11.1 Å². The van der Waals surface area contributed by atoms with E-state index in [1.807, 2.05) is 6.92 Å². The average molecular weight is 308 g/mol. The zero-order valence-electron chi connectivity index (χ0n) is 7.19. The second-order valence-corrected chi connectivity index (χ2v) is 4.42. The predicted molar refractivity (Wildman–Crippen MR) is 58.3 cm³/mol. The molecule has 0 aliphatic rings. The summed E-state index contributed by atoms with van der Waals surface area (Å²) < 4.78 is 1.65. The molecule has 0 fully saturated rings. The summed E-state index contributed by atoms with van der Waals surface area (Å²) in [6, 6.07) is 1.62. The standard InChI is InChI=1S/C9H8Br2O2/c1-4-6(9(12)13)3-7(10)5(2)8(4)11/h3H,1-2H3,(H,12,13). The highest BCUT2D eigenvalue weighted by molar-refractivity contribution is 9.11. The zero-order chi connectivity index (χ0) is 10.2. The molecule has 13 heavy (non-hydrogen) atoms. The molecule has 70 valence electrons. The Balaban J connectivity index is 3.50. The van der Waals surface area contributed by atoms with Crippen molar-refractivity contribution in [2.24, 2.45) is 0 Å². The Kier molecular flexibility index (Phi) is 3.14. The fraction of sp³-hybridized carbons (Fsp3) is 0.222. The van der Waals surface area contributed by atoms with Crippen LogP contribution >= 0.6 is 31.9 Å². The minimum atomic E-state index is -0.904. The van der Waals surface area contributed by atoms with Crippen molar-refractivity contribution in [3.05, 3.63) is 31.7 Å². The largest absolute Gasteiger partial charge is 0.478 e. The van der Waals surface area contributed by atoms with Crippen LogP contribution in [0, 0.1) is 13.8 Å². The van der Waals surface area contributed by atoms with Crippen LogP contribution in [0.15, 0.2) is 15.0 Å².